The minimum atomic E-state index is -3.63. The van der Waals surface area contributed by atoms with E-state index in [9.17, 15) is 18.0 Å². The largest absolute Gasteiger partial charge is 0.345 e. The Morgan fingerprint density at radius 3 is 2.35 bits per heavy atom. The number of rotatable bonds is 11. The van der Waals surface area contributed by atoms with Crippen LogP contribution in [0.25, 0.3) is 0 Å². The van der Waals surface area contributed by atoms with Gasteiger partial charge in [-0.25, -0.2) is 8.42 Å². The van der Waals surface area contributed by atoms with Crippen molar-refractivity contribution in [1.82, 2.24) is 14.1 Å². The van der Waals surface area contributed by atoms with Crippen LogP contribution < -0.4 is 5.32 Å². The first-order valence-electron chi connectivity index (χ1n) is 13.7. The number of fused-ring (bicyclic) bond motifs is 1. The van der Waals surface area contributed by atoms with Crippen molar-refractivity contribution in [2.45, 2.75) is 51.1 Å². The lowest BCUT2D eigenvalue weighted by Gasteiger charge is -2.27. The van der Waals surface area contributed by atoms with Crippen molar-refractivity contribution in [2.24, 2.45) is 0 Å². The zero-order valence-electron chi connectivity index (χ0n) is 23.6. The molecule has 1 aliphatic rings. The minimum Gasteiger partial charge on any atom is -0.345 e. The molecule has 2 amide bonds. The molecule has 0 spiro atoms. The molecule has 1 aliphatic heterocycles. The van der Waals surface area contributed by atoms with Crippen LogP contribution in [0, 0.1) is 0 Å². The molecule has 40 heavy (non-hydrogen) atoms. The molecular weight excluding hydrogens is 544 g/mol. The average Bonchev–Trinajstić information content (AvgIpc) is 3.30. The fourth-order valence-electron chi connectivity index (χ4n) is 4.86. The van der Waals surface area contributed by atoms with E-state index in [1.165, 1.54) is 50.4 Å². The maximum atomic E-state index is 13.3. The molecule has 0 saturated carbocycles. The Morgan fingerprint density at radius 1 is 1.02 bits per heavy atom. The summed E-state index contributed by atoms with van der Waals surface area (Å²) in [5.41, 5.74) is 3.11. The minimum absolute atomic E-state index is 0.141. The van der Waals surface area contributed by atoms with E-state index in [-0.39, 0.29) is 16.7 Å². The Balaban J connectivity index is 1.55. The molecule has 0 fully saturated rings. The fraction of sp³-hybridized carbons (Fsp3) is 0.400. The number of anilines is 1. The van der Waals surface area contributed by atoms with E-state index in [1.54, 1.807) is 14.1 Å². The van der Waals surface area contributed by atoms with Crippen LogP contribution >= 0.6 is 11.3 Å². The van der Waals surface area contributed by atoms with Gasteiger partial charge in [0.25, 0.3) is 11.8 Å². The van der Waals surface area contributed by atoms with Gasteiger partial charge in [-0.05, 0) is 48.2 Å². The predicted octanol–water partition coefficient (Wildman–Crippen LogP) is 5.07. The maximum Gasteiger partial charge on any atom is 0.256 e. The smallest absolute Gasteiger partial charge is 0.256 e. The number of sulfonamides is 1. The second kappa shape index (κ2) is 13.1. The van der Waals surface area contributed by atoms with Crippen LogP contribution in [0.5, 0.6) is 0 Å². The Labute approximate surface area is 241 Å². The van der Waals surface area contributed by atoms with Crippen LogP contribution in [0.2, 0.25) is 0 Å². The highest BCUT2D eigenvalue weighted by Gasteiger charge is 2.30. The molecule has 4 rings (SSSR count). The van der Waals surface area contributed by atoms with Gasteiger partial charge in [0.15, 0.2) is 0 Å². The highest BCUT2D eigenvalue weighted by molar-refractivity contribution is 7.89. The maximum absolute atomic E-state index is 13.3. The van der Waals surface area contributed by atoms with Gasteiger partial charge in [-0.15, -0.1) is 11.3 Å². The van der Waals surface area contributed by atoms with E-state index in [4.69, 9.17) is 0 Å². The molecule has 0 aliphatic carbocycles. The van der Waals surface area contributed by atoms with Crippen molar-refractivity contribution in [3.8, 4) is 0 Å². The highest BCUT2D eigenvalue weighted by atomic mass is 32.2. The molecular formula is C30H38N4O4S2. The number of nitrogens with zero attached hydrogens (tertiary/aromatic N) is 3. The van der Waals surface area contributed by atoms with E-state index in [0.29, 0.717) is 35.8 Å². The number of carbonyl (C=O) groups excluding carboxylic acids is 2. The first-order valence-corrected chi connectivity index (χ1v) is 15.9. The lowest BCUT2D eigenvalue weighted by molar-refractivity contribution is 0.0827. The molecule has 0 atom stereocenters. The molecule has 1 N–H and O–H groups in total. The highest BCUT2D eigenvalue weighted by Crippen LogP contribution is 2.38. The average molecular weight is 583 g/mol. The van der Waals surface area contributed by atoms with Crippen LogP contribution in [0.1, 0.15) is 63.4 Å². The van der Waals surface area contributed by atoms with Crippen LogP contribution in [-0.2, 0) is 29.5 Å². The zero-order chi connectivity index (χ0) is 28.9. The summed E-state index contributed by atoms with van der Waals surface area (Å²) in [5.74, 6) is -0.521. The lowest BCUT2D eigenvalue weighted by Crippen LogP contribution is -2.31. The second-order valence-corrected chi connectivity index (χ2v) is 13.2. The third kappa shape index (κ3) is 6.63. The Morgan fingerprint density at radius 2 is 1.73 bits per heavy atom. The summed E-state index contributed by atoms with van der Waals surface area (Å²) in [4.78, 5) is 31.6. The molecule has 2 aromatic carbocycles. The number of benzene rings is 2. The van der Waals surface area contributed by atoms with Crippen molar-refractivity contribution in [1.29, 1.82) is 0 Å². The van der Waals surface area contributed by atoms with Gasteiger partial charge in [0, 0.05) is 57.3 Å². The van der Waals surface area contributed by atoms with Crippen LogP contribution in [0.3, 0.4) is 0 Å². The zero-order valence-corrected chi connectivity index (χ0v) is 25.3. The molecule has 2 heterocycles. The third-order valence-electron chi connectivity index (χ3n) is 7.10. The van der Waals surface area contributed by atoms with Crippen molar-refractivity contribution < 1.29 is 18.0 Å². The van der Waals surface area contributed by atoms with Gasteiger partial charge < -0.3 is 10.2 Å². The van der Waals surface area contributed by atoms with Crippen LogP contribution in [-0.4, -0.2) is 68.1 Å². The quantitative estimate of drug-likeness (QED) is 0.341. The SMILES string of the molecule is CCCCN(CC)S(=O)(=O)c1ccc(C(=O)Nc2sc3c(c2C(=O)N(C)C)CCN(Cc2ccccc2)C3)cc1. The van der Waals surface area contributed by atoms with E-state index in [1.807, 2.05) is 32.0 Å². The van der Waals surface area contributed by atoms with Crippen LogP contribution in [0.15, 0.2) is 59.5 Å². The summed E-state index contributed by atoms with van der Waals surface area (Å²) < 4.78 is 27.6. The van der Waals surface area contributed by atoms with Gasteiger partial charge >= 0.3 is 0 Å². The monoisotopic (exact) mass is 582 g/mol. The van der Waals surface area contributed by atoms with Crippen molar-refractivity contribution >= 4 is 38.2 Å². The van der Waals surface area contributed by atoms with Gasteiger partial charge in [0.2, 0.25) is 10.0 Å². The molecule has 0 saturated heterocycles. The number of unbranched alkanes of at least 4 members (excludes halogenated alkanes) is 1. The van der Waals surface area contributed by atoms with Gasteiger partial charge in [0.1, 0.15) is 5.00 Å². The van der Waals surface area contributed by atoms with Gasteiger partial charge in [-0.2, -0.15) is 4.31 Å². The van der Waals surface area contributed by atoms with Crippen molar-refractivity contribution in [3.05, 3.63) is 81.7 Å². The van der Waals surface area contributed by atoms with Gasteiger partial charge in [0.05, 0.1) is 10.5 Å². The lowest BCUT2D eigenvalue weighted by atomic mass is 10.0. The molecule has 10 heteroatoms. The molecule has 0 bridgehead atoms. The van der Waals surface area contributed by atoms with Crippen molar-refractivity contribution in [2.75, 3.05) is 39.0 Å². The number of carbonyl (C=O) groups is 2. The van der Waals surface area contributed by atoms with E-state index < -0.39 is 10.0 Å². The van der Waals surface area contributed by atoms with E-state index in [0.717, 1.165) is 42.8 Å². The summed E-state index contributed by atoms with van der Waals surface area (Å²) in [7, 11) is -0.213. The summed E-state index contributed by atoms with van der Waals surface area (Å²) in [6.07, 6.45) is 2.42. The molecule has 214 valence electrons. The summed E-state index contributed by atoms with van der Waals surface area (Å²) >= 11 is 1.44. The van der Waals surface area contributed by atoms with Gasteiger partial charge in [-0.1, -0.05) is 50.6 Å². The molecule has 8 nitrogen and oxygen atoms in total. The summed E-state index contributed by atoms with van der Waals surface area (Å²) in [5, 5.41) is 3.49. The Hall–Kier alpha value is -3.05. The van der Waals surface area contributed by atoms with E-state index >= 15 is 0 Å². The van der Waals surface area contributed by atoms with Gasteiger partial charge in [-0.3, -0.25) is 14.5 Å². The second-order valence-electron chi connectivity index (χ2n) is 10.2. The number of hydrogen-bond donors (Lipinski definition) is 1. The van der Waals surface area contributed by atoms with Crippen LogP contribution in [0.4, 0.5) is 5.00 Å². The number of thiophene rings is 1. The number of amides is 2. The number of hydrogen-bond acceptors (Lipinski definition) is 6. The van der Waals surface area contributed by atoms with E-state index in [2.05, 4.69) is 22.3 Å². The normalized spacial score (nSPS) is 13.7. The Kier molecular flexibility index (Phi) is 9.78. The fourth-order valence-corrected chi connectivity index (χ4v) is 7.62. The van der Waals surface area contributed by atoms with Crippen molar-refractivity contribution in [3.63, 3.8) is 0 Å². The summed E-state index contributed by atoms with van der Waals surface area (Å²) in [6, 6.07) is 16.3. The topological polar surface area (TPSA) is 90.0 Å². The molecule has 1 aromatic heterocycles. The number of nitrogens with one attached hydrogen (secondary N) is 1. The first kappa shape index (κ1) is 29.9. The Bertz CT molecular complexity index is 1430. The molecule has 3 aromatic rings. The molecule has 0 unspecified atom stereocenters. The predicted molar refractivity (Wildman–Crippen MR) is 160 cm³/mol. The summed E-state index contributed by atoms with van der Waals surface area (Å²) in [6.45, 7) is 7.05. The standard InChI is InChI=1S/C30H38N4O4S2/c1-5-7-18-34(6-2)40(37,38)24-15-13-23(14-16-24)28(35)31-29-27(30(36)32(3)4)25-17-19-33(21-26(25)39-29)20-22-11-9-8-10-12-22/h8-16H,5-7,17-21H2,1-4H3,(H,31,35). The molecule has 0 radical (unpaired) electrons. The third-order valence-corrected chi connectivity index (χ3v) is 10.2. The first-order chi connectivity index (χ1) is 19.1.